The van der Waals surface area contributed by atoms with Crippen molar-refractivity contribution < 1.29 is 15.0 Å². The summed E-state index contributed by atoms with van der Waals surface area (Å²) in [5.74, 6) is -0.534. The van der Waals surface area contributed by atoms with Gasteiger partial charge in [0.2, 0.25) is 0 Å². The van der Waals surface area contributed by atoms with E-state index in [0.29, 0.717) is 5.56 Å². The molecule has 0 bridgehead atoms. The van der Waals surface area contributed by atoms with Crippen molar-refractivity contribution in [3.05, 3.63) is 83.9 Å². The van der Waals surface area contributed by atoms with E-state index >= 15 is 0 Å². The summed E-state index contributed by atoms with van der Waals surface area (Å²) in [6, 6.07) is 21.8. The maximum Gasteiger partial charge on any atom is 0.254 e. The van der Waals surface area contributed by atoms with Crippen LogP contribution in [0.4, 0.5) is 0 Å². The van der Waals surface area contributed by atoms with Crippen LogP contribution in [0.5, 0.6) is 0 Å². The maximum absolute atomic E-state index is 12.3. The molecule has 3 aromatic rings. The van der Waals surface area contributed by atoms with Gasteiger partial charge in [0.25, 0.3) is 5.91 Å². The third-order valence-corrected chi connectivity index (χ3v) is 4.04. The van der Waals surface area contributed by atoms with Gasteiger partial charge in [-0.05, 0) is 28.0 Å². The quantitative estimate of drug-likeness (QED) is 0.677. The highest BCUT2D eigenvalue weighted by Gasteiger charge is 2.21. The van der Waals surface area contributed by atoms with Gasteiger partial charge < -0.3 is 15.5 Å². The molecule has 0 aliphatic carbocycles. The summed E-state index contributed by atoms with van der Waals surface area (Å²) in [7, 11) is 0. The largest absolute Gasteiger partial charge is 0.394 e. The normalized spacial score (nSPS) is 13.4. The number of nitrogens with one attached hydrogen (secondary N) is 1. The van der Waals surface area contributed by atoms with E-state index in [1.165, 1.54) is 0 Å². The van der Waals surface area contributed by atoms with Gasteiger partial charge in [0, 0.05) is 0 Å². The van der Waals surface area contributed by atoms with Gasteiger partial charge in [-0.2, -0.15) is 0 Å². The average molecular weight is 321 g/mol. The number of fused-ring (bicyclic) bond motifs is 1. The average Bonchev–Trinajstić information content (AvgIpc) is 2.65. The molecular weight excluding hydrogens is 302 g/mol. The van der Waals surface area contributed by atoms with Crippen molar-refractivity contribution in [2.24, 2.45) is 0 Å². The molecule has 0 unspecified atom stereocenters. The summed E-state index contributed by atoms with van der Waals surface area (Å²) in [5.41, 5.74) is 1.31. The zero-order chi connectivity index (χ0) is 16.9. The number of carbonyl (C=O) groups is 1. The number of aliphatic hydroxyl groups is 2. The third kappa shape index (κ3) is 3.45. The zero-order valence-corrected chi connectivity index (χ0v) is 13.1. The molecule has 4 nitrogen and oxygen atoms in total. The van der Waals surface area contributed by atoms with E-state index in [9.17, 15) is 15.0 Å². The molecule has 0 fully saturated rings. The Morgan fingerprint density at radius 2 is 1.54 bits per heavy atom. The number of hydrogen-bond acceptors (Lipinski definition) is 3. The molecule has 0 saturated heterocycles. The molecule has 0 aliphatic heterocycles. The first-order chi connectivity index (χ1) is 11.7. The van der Waals surface area contributed by atoms with Crippen LogP contribution in [0.2, 0.25) is 0 Å². The van der Waals surface area contributed by atoms with Crippen molar-refractivity contribution in [3.8, 4) is 0 Å². The standard InChI is InChI=1S/C20H19NO3/c22-13-18(17-11-10-14-6-4-5-9-16(14)12-17)21-20(24)19(23)15-7-2-1-3-8-15/h1-12,18-19,22-23H,13H2,(H,21,24)/t18-,19+/m1/s1. The number of aliphatic hydroxyl groups excluding tert-OH is 2. The van der Waals surface area contributed by atoms with Crippen molar-refractivity contribution in [2.45, 2.75) is 12.1 Å². The second-order valence-corrected chi connectivity index (χ2v) is 5.66. The van der Waals surface area contributed by atoms with E-state index in [2.05, 4.69) is 5.32 Å². The van der Waals surface area contributed by atoms with Gasteiger partial charge in [0.1, 0.15) is 0 Å². The van der Waals surface area contributed by atoms with Crippen LogP contribution in [-0.4, -0.2) is 22.7 Å². The highest BCUT2D eigenvalue weighted by Crippen LogP contribution is 2.21. The van der Waals surface area contributed by atoms with Crippen LogP contribution < -0.4 is 5.32 Å². The monoisotopic (exact) mass is 321 g/mol. The fourth-order valence-electron chi connectivity index (χ4n) is 2.70. The van der Waals surface area contributed by atoms with Crippen LogP contribution in [0.3, 0.4) is 0 Å². The fourth-order valence-corrected chi connectivity index (χ4v) is 2.70. The van der Waals surface area contributed by atoms with Crippen molar-refractivity contribution >= 4 is 16.7 Å². The molecule has 122 valence electrons. The predicted octanol–water partition coefficient (Wildman–Crippen LogP) is 2.72. The van der Waals surface area contributed by atoms with Gasteiger partial charge >= 0.3 is 0 Å². The minimum absolute atomic E-state index is 0.244. The van der Waals surface area contributed by atoms with Gasteiger partial charge in [-0.1, -0.05) is 66.7 Å². The van der Waals surface area contributed by atoms with Crippen LogP contribution in [0.15, 0.2) is 72.8 Å². The SMILES string of the molecule is O=C(N[C@H](CO)c1ccc2ccccc2c1)[C@@H](O)c1ccccc1. The molecule has 3 aromatic carbocycles. The van der Waals surface area contributed by atoms with Crippen LogP contribution in [0.25, 0.3) is 10.8 Å². The van der Waals surface area contributed by atoms with Gasteiger partial charge in [0.15, 0.2) is 6.10 Å². The van der Waals surface area contributed by atoms with E-state index in [1.807, 2.05) is 48.5 Å². The lowest BCUT2D eigenvalue weighted by atomic mass is 10.0. The maximum atomic E-state index is 12.3. The Morgan fingerprint density at radius 3 is 2.25 bits per heavy atom. The highest BCUT2D eigenvalue weighted by molar-refractivity contribution is 5.84. The van der Waals surface area contributed by atoms with Gasteiger partial charge in [-0.3, -0.25) is 4.79 Å². The molecule has 0 radical (unpaired) electrons. The number of hydrogen-bond donors (Lipinski definition) is 3. The van der Waals surface area contributed by atoms with E-state index in [4.69, 9.17) is 0 Å². The summed E-state index contributed by atoms with van der Waals surface area (Å²) in [4.78, 5) is 12.3. The topological polar surface area (TPSA) is 69.6 Å². The molecule has 0 saturated carbocycles. The lowest BCUT2D eigenvalue weighted by Crippen LogP contribution is -2.34. The first-order valence-electron chi connectivity index (χ1n) is 7.82. The Kier molecular flexibility index (Phi) is 4.89. The summed E-state index contributed by atoms with van der Waals surface area (Å²) in [6.45, 7) is -0.244. The number of amides is 1. The Balaban J connectivity index is 1.79. The first kappa shape index (κ1) is 16.2. The summed E-state index contributed by atoms with van der Waals surface area (Å²) < 4.78 is 0. The second kappa shape index (κ2) is 7.25. The Bertz CT molecular complexity index is 832. The highest BCUT2D eigenvalue weighted by atomic mass is 16.3. The van der Waals surface area contributed by atoms with Crippen LogP contribution in [-0.2, 0) is 4.79 Å². The minimum atomic E-state index is -1.26. The smallest absolute Gasteiger partial charge is 0.254 e. The van der Waals surface area contributed by atoms with Gasteiger partial charge in [-0.25, -0.2) is 0 Å². The lowest BCUT2D eigenvalue weighted by molar-refractivity contribution is -0.130. The van der Waals surface area contributed by atoms with E-state index in [0.717, 1.165) is 16.3 Å². The Labute approximate surface area is 140 Å². The molecular formula is C20H19NO3. The van der Waals surface area contributed by atoms with Gasteiger partial charge in [0.05, 0.1) is 12.6 Å². The second-order valence-electron chi connectivity index (χ2n) is 5.66. The molecule has 0 aliphatic rings. The van der Waals surface area contributed by atoms with Crippen molar-refractivity contribution in [1.29, 1.82) is 0 Å². The molecule has 0 spiro atoms. The van der Waals surface area contributed by atoms with Crippen LogP contribution in [0.1, 0.15) is 23.3 Å². The van der Waals surface area contributed by atoms with Crippen molar-refractivity contribution in [2.75, 3.05) is 6.61 Å². The molecule has 4 heteroatoms. The van der Waals surface area contributed by atoms with Crippen molar-refractivity contribution in [1.82, 2.24) is 5.32 Å². The molecule has 2 atom stereocenters. The minimum Gasteiger partial charge on any atom is -0.394 e. The predicted molar refractivity (Wildman–Crippen MR) is 93.3 cm³/mol. The summed E-state index contributed by atoms with van der Waals surface area (Å²) in [5, 5.41) is 24.6. The summed E-state index contributed by atoms with van der Waals surface area (Å²) in [6.07, 6.45) is -1.26. The molecule has 0 aromatic heterocycles. The van der Waals surface area contributed by atoms with Crippen LogP contribution in [0, 0.1) is 0 Å². The molecule has 24 heavy (non-hydrogen) atoms. The van der Waals surface area contributed by atoms with Crippen molar-refractivity contribution in [3.63, 3.8) is 0 Å². The number of benzene rings is 3. The lowest BCUT2D eigenvalue weighted by Gasteiger charge is -2.20. The molecule has 3 N–H and O–H groups in total. The van der Waals surface area contributed by atoms with E-state index in [1.54, 1.807) is 24.3 Å². The zero-order valence-electron chi connectivity index (χ0n) is 13.1. The number of carbonyl (C=O) groups excluding carboxylic acids is 1. The number of rotatable bonds is 5. The molecule has 1 amide bonds. The Hall–Kier alpha value is -2.69. The van der Waals surface area contributed by atoms with Gasteiger partial charge in [-0.15, -0.1) is 0 Å². The van der Waals surface area contributed by atoms with E-state index < -0.39 is 18.1 Å². The molecule has 3 rings (SSSR count). The first-order valence-corrected chi connectivity index (χ1v) is 7.82. The van der Waals surface area contributed by atoms with E-state index in [-0.39, 0.29) is 6.61 Å². The Morgan fingerprint density at radius 1 is 0.875 bits per heavy atom. The molecule has 0 heterocycles. The van der Waals surface area contributed by atoms with Crippen LogP contribution >= 0.6 is 0 Å². The summed E-state index contributed by atoms with van der Waals surface area (Å²) >= 11 is 0. The third-order valence-electron chi connectivity index (χ3n) is 4.04. The fraction of sp³-hybridized carbons (Fsp3) is 0.150.